The third-order valence-electron chi connectivity index (χ3n) is 0.568. The van der Waals surface area contributed by atoms with Gasteiger partial charge < -0.3 is 0 Å². The monoisotopic (exact) mass is 127 g/mol. The number of nitrogens with zero attached hydrogens (tertiary/aromatic N) is 1. The Kier molecular flexibility index (Phi) is 6.23. The van der Waals surface area contributed by atoms with Gasteiger partial charge in [-0.1, -0.05) is 13.0 Å². The van der Waals surface area contributed by atoms with Gasteiger partial charge in [-0.15, -0.1) is 11.8 Å². The summed E-state index contributed by atoms with van der Waals surface area (Å²) in [6, 6.07) is 2.03. The van der Waals surface area contributed by atoms with Gasteiger partial charge in [-0.25, -0.2) is 0 Å². The minimum absolute atomic E-state index is 0.535. The van der Waals surface area contributed by atoms with Crippen molar-refractivity contribution in [2.45, 2.75) is 13.3 Å². The normalized spacial score (nSPS) is 9.50. The number of allylic oxidation sites excluding steroid dienone is 1. The minimum Gasteiger partial charge on any atom is -0.198 e. The second-order valence-electron chi connectivity index (χ2n) is 1.19. The molecule has 0 amide bonds. The lowest BCUT2D eigenvalue weighted by atomic mass is 10.5. The Morgan fingerprint density at radius 1 is 1.75 bits per heavy atom. The fourth-order valence-electron chi connectivity index (χ4n) is 0.265. The summed E-state index contributed by atoms with van der Waals surface area (Å²) in [6.45, 7) is 2.08. The number of hydrogen-bond donors (Lipinski definition) is 0. The third-order valence-corrected chi connectivity index (χ3v) is 1.29. The van der Waals surface area contributed by atoms with Crippen molar-refractivity contribution in [3.8, 4) is 6.07 Å². The zero-order chi connectivity index (χ0) is 6.24. The summed E-state index contributed by atoms with van der Waals surface area (Å²) in [4.78, 5) is 0. The molecule has 1 nitrogen and oxygen atoms in total. The molecule has 0 saturated heterocycles. The third kappa shape index (κ3) is 5.58. The van der Waals surface area contributed by atoms with Crippen molar-refractivity contribution in [2.24, 2.45) is 0 Å². The van der Waals surface area contributed by atoms with Crippen molar-refractivity contribution in [1.29, 1.82) is 5.26 Å². The van der Waals surface area contributed by atoms with E-state index in [-0.39, 0.29) is 0 Å². The molecular weight excluding hydrogens is 118 g/mol. The molecule has 0 fully saturated rings. The van der Waals surface area contributed by atoms with Gasteiger partial charge in [0.15, 0.2) is 0 Å². The molecular formula is C6H9NS. The molecule has 0 aromatic carbocycles. The van der Waals surface area contributed by atoms with Crippen molar-refractivity contribution in [2.75, 3.05) is 5.75 Å². The smallest absolute Gasteiger partial charge is 0.0663 e. The van der Waals surface area contributed by atoms with Gasteiger partial charge in [0.1, 0.15) is 0 Å². The van der Waals surface area contributed by atoms with E-state index in [1.807, 2.05) is 17.6 Å². The lowest BCUT2D eigenvalue weighted by Crippen LogP contribution is -1.58. The van der Waals surface area contributed by atoms with Crippen molar-refractivity contribution in [3.05, 3.63) is 11.5 Å². The van der Waals surface area contributed by atoms with Crippen molar-refractivity contribution >= 4 is 11.8 Å². The van der Waals surface area contributed by atoms with Crippen LogP contribution in [0.1, 0.15) is 13.3 Å². The topological polar surface area (TPSA) is 23.8 Å². The van der Waals surface area contributed by atoms with E-state index in [2.05, 4.69) is 6.92 Å². The van der Waals surface area contributed by atoms with Crippen LogP contribution in [-0.2, 0) is 0 Å². The quantitative estimate of drug-likeness (QED) is 0.580. The minimum atomic E-state index is 0.535. The fraction of sp³-hybridized carbons (Fsp3) is 0.500. The molecule has 0 bridgehead atoms. The molecule has 0 radical (unpaired) electrons. The molecule has 0 unspecified atom stereocenters. The molecule has 0 aromatic heterocycles. The van der Waals surface area contributed by atoms with Gasteiger partial charge in [0.05, 0.1) is 12.5 Å². The van der Waals surface area contributed by atoms with Gasteiger partial charge in [0.25, 0.3) is 0 Å². The summed E-state index contributed by atoms with van der Waals surface area (Å²) < 4.78 is 0. The first-order valence-corrected chi connectivity index (χ1v) is 3.60. The Labute approximate surface area is 54.4 Å². The highest BCUT2D eigenvalue weighted by molar-refractivity contribution is 8.02. The van der Waals surface area contributed by atoms with E-state index in [1.54, 1.807) is 11.8 Å². The average Bonchev–Trinajstić information content (AvgIpc) is 1.81. The predicted molar refractivity (Wildman–Crippen MR) is 37.5 cm³/mol. The summed E-state index contributed by atoms with van der Waals surface area (Å²) in [5, 5.41) is 10.0. The summed E-state index contributed by atoms with van der Waals surface area (Å²) >= 11 is 1.72. The van der Waals surface area contributed by atoms with Gasteiger partial charge in [-0.3, -0.25) is 0 Å². The Balaban J connectivity index is 2.98. The van der Waals surface area contributed by atoms with Gasteiger partial charge >= 0.3 is 0 Å². The van der Waals surface area contributed by atoms with E-state index in [1.165, 1.54) is 0 Å². The first-order chi connectivity index (χ1) is 3.91. The van der Waals surface area contributed by atoms with Crippen molar-refractivity contribution < 1.29 is 0 Å². The van der Waals surface area contributed by atoms with Gasteiger partial charge in [0, 0.05) is 0 Å². The highest BCUT2D eigenvalue weighted by Gasteiger charge is 1.71. The van der Waals surface area contributed by atoms with Crippen LogP contribution in [0.5, 0.6) is 0 Å². The maximum atomic E-state index is 8.06. The molecule has 8 heavy (non-hydrogen) atoms. The Morgan fingerprint density at radius 3 is 3.00 bits per heavy atom. The van der Waals surface area contributed by atoms with E-state index >= 15 is 0 Å². The van der Waals surface area contributed by atoms with Gasteiger partial charge in [-0.2, -0.15) is 5.26 Å². The molecule has 0 N–H and O–H groups in total. The first-order valence-electron chi connectivity index (χ1n) is 2.55. The van der Waals surface area contributed by atoms with Crippen LogP contribution in [0.15, 0.2) is 11.5 Å². The van der Waals surface area contributed by atoms with Crippen LogP contribution < -0.4 is 0 Å². The maximum Gasteiger partial charge on any atom is 0.0663 e. The lowest BCUT2D eigenvalue weighted by molar-refractivity contribution is 1.36. The van der Waals surface area contributed by atoms with E-state index in [4.69, 9.17) is 5.26 Å². The largest absolute Gasteiger partial charge is 0.198 e. The van der Waals surface area contributed by atoms with E-state index in [0.717, 1.165) is 5.75 Å². The van der Waals surface area contributed by atoms with Crippen LogP contribution >= 0.6 is 11.8 Å². The highest BCUT2D eigenvalue weighted by Crippen LogP contribution is 1.99. The van der Waals surface area contributed by atoms with Crippen LogP contribution in [0, 0.1) is 11.3 Å². The molecule has 0 atom stereocenters. The van der Waals surface area contributed by atoms with Crippen LogP contribution in [-0.4, -0.2) is 5.75 Å². The summed E-state index contributed by atoms with van der Waals surface area (Å²) in [6.07, 6.45) is 2.40. The standard InChI is InChI=1S/C6H9NS/c1-2-8-6-4-3-5-7/h4,6H,2-3H2,1H3. The van der Waals surface area contributed by atoms with Crippen LogP contribution in [0.4, 0.5) is 0 Å². The Hall–Kier alpha value is -0.420. The molecule has 0 spiro atoms. The van der Waals surface area contributed by atoms with Crippen LogP contribution in [0.2, 0.25) is 0 Å². The van der Waals surface area contributed by atoms with Crippen molar-refractivity contribution in [3.63, 3.8) is 0 Å². The predicted octanol–water partition coefficient (Wildman–Crippen LogP) is 2.17. The molecule has 0 aliphatic heterocycles. The summed E-state index contributed by atoms with van der Waals surface area (Å²) in [5.41, 5.74) is 0. The molecule has 0 aliphatic carbocycles. The molecule has 0 heterocycles. The average molecular weight is 127 g/mol. The Bertz CT molecular complexity index is 102. The summed E-state index contributed by atoms with van der Waals surface area (Å²) in [5.74, 6) is 1.09. The van der Waals surface area contributed by atoms with Crippen LogP contribution in [0.3, 0.4) is 0 Å². The molecule has 0 aromatic rings. The molecule has 0 saturated carbocycles. The van der Waals surface area contributed by atoms with Gasteiger partial charge in [-0.05, 0) is 11.2 Å². The summed E-state index contributed by atoms with van der Waals surface area (Å²) in [7, 11) is 0. The van der Waals surface area contributed by atoms with Crippen LogP contribution in [0.25, 0.3) is 0 Å². The molecule has 2 heteroatoms. The van der Waals surface area contributed by atoms with E-state index in [0.29, 0.717) is 6.42 Å². The zero-order valence-electron chi connectivity index (χ0n) is 4.92. The fourth-order valence-corrected chi connectivity index (χ4v) is 0.690. The second-order valence-corrected chi connectivity index (χ2v) is 2.37. The lowest BCUT2D eigenvalue weighted by Gasteiger charge is -1.79. The number of hydrogen-bond acceptors (Lipinski definition) is 2. The van der Waals surface area contributed by atoms with Crippen molar-refractivity contribution in [1.82, 2.24) is 0 Å². The number of rotatable bonds is 3. The number of thioether (sulfide) groups is 1. The zero-order valence-corrected chi connectivity index (χ0v) is 5.74. The molecule has 44 valence electrons. The van der Waals surface area contributed by atoms with E-state index < -0.39 is 0 Å². The van der Waals surface area contributed by atoms with E-state index in [9.17, 15) is 0 Å². The highest BCUT2D eigenvalue weighted by atomic mass is 32.2. The van der Waals surface area contributed by atoms with Gasteiger partial charge in [0.2, 0.25) is 0 Å². The molecule has 0 aliphatic rings. The second kappa shape index (κ2) is 6.58. The maximum absolute atomic E-state index is 8.06. The molecule has 0 rings (SSSR count). The number of nitriles is 1. The SMILES string of the molecule is CCSC=CCC#N. The first kappa shape index (κ1) is 7.58. The Morgan fingerprint density at radius 2 is 2.50 bits per heavy atom.